The van der Waals surface area contributed by atoms with Crippen LogP contribution >= 0.6 is 23.2 Å². The summed E-state index contributed by atoms with van der Waals surface area (Å²) >= 11 is 12.4. The van der Waals surface area contributed by atoms with Gasteiger partial charge in [0.25, 0.3) is 5.91 Å². The molecule has 0 unspecified atom stereocenters. The summed E-state index contributed by atoms with van der Waals surface area (Å²) < 4.78 is 5.64. The molecule has 23 heavy (non-hydrogen) atoms. The fourth-order valence-electron chi connectivity index (χ4n) is 2.03. The highest BCUT2D eigenvalue weighted by Gasteiger charge is 2.16. The van der Waals surface area contributed by atoms with Gasteiger partial charge in [0.1, 0.15) is 5.52 Å². The van der Waals surface area contributed by atoms with E-state index < -0.39 is 0 Å². The second kappa shape index (κ2) is 7.37. The summed E-state index contributed by atoms with van der Waals surface area (Å²) in [7, 11) is 0. The van der Waals surface area contributed by atoms with Crippen LogP contribution < -0.4 is 10.1 Å². The highest BCUT2D eigenvalue weighted by molar-refractivity contribution is 6.39. The third kappa shape index (κ3) is 4.27. The van der Waals surface area contributed by atoms with Gasteiger partial charge in [-0.25, -0.2) is 4.98 Å². The number of aromatic nitrogens is 1. The SMILES string of the molecule is Cc1ccc2c(Cl)cc(Cl)c(OCC(=O)N[C@@H](C)C(C)C)c2n1. The Morgan fingerprint density at radius 2 is 1.96 bits per heavy atom. The molecule has 6 heteroatoms. The summed E-state index contributed by atoms with van der Waals surface area (Å²) in [6.07, 6.45) is 0. The van der Waals surface area contributed by atoms with Gasteiger partial charge in [0.2, 0.25) is 0 Å². The predicted molar refractivity (Wildman–Crippen MR) is 94.4 cm³/mol. The second-order valence-electron chi connectivity index (χ2n) is 5.91. The van der Waals surface area contributed by atoms with Crippen LogP contribution in [-0.4, -0.2) is 23.5 Å². The number of ether oxygens (including phenoxy) is 1. The van der Waals surface area contributed by atoms with E-state index in [1.165, 1.54) is 0 Å². The maximum Gasteiger partial charge on any atom is 0.258 e. The molecule has 0 aliphatic carbocycles. The molecule has 0 spiro atoms. The summed E-state index contributed by atoms with van der Waals surface area (Å²) in [5.41, 5.74) is 1.38. The fourth-order valence-corrected chi connectivity index (χ4v) is 2.60. The van der Waals surface area contributed by atoms with Gasteiger partial charge in [-0.3, -0.25) is 4.79 Å². The monoisotopic (exact) mass is 354 g/mol. The van der Waals surface area contributed by atoms with Gasteiger partial charge in [0, 0.05) is 17.1 Å². The van der Waals surface area contributed by atoms with Crippen LogP contribution in [0.15, 0.2) is 18.2 Å². The number of pyridine rings is 1. The Hall–Kier alpha value is -1.52. The van der Waals surface area contributed by atoms with E-state index in [0.29, 0.717) is 27.2 Å². The molecule has 1 aromatic carbocycles. The van der Waals surface area contributed by atoms with Crippen molar-refractivity contribution in [1.82, 2.24) is 10.3 Å². The van der Waals surface area contributed by atoms with E-state index in [1.807, 2.05) is 39.8 Å². The number of benzene rings is 1. The van der Waals surface area contributed by atoms with Gasteiger partial charge in [-0.1, -0.05) is 37.0 Å². The van der Waals surface area contributed by atoms with Crippen LogP contribution in [0.1, 0.15) is 26.5 Å². The van der Waals surface area contributed by atoms with Crippen LogP contribution in [0.3, 0.4) is 0 Å². The number of nitrogens with zero attached hydrogens (tertiary/aromatic N) is 1. The quantitative estimate of drug-likeness (QED) is 0.865. The number of hydrogen-bond acceptors (Lipinski definition) is 3. The van der Waals surface area contributed by atoms with Crippen LogP contribution in [0.5, 0.6) is 5.75 Å². The molecule has 1 atom stereocenters. The van der Waals surface area contributed by atoms with E-state index in [0.717, 1.165) is 11.1 Å². The first kappa shape index (κ1) is 17.8. The van der Waals surface area contributed by atoms with Crippen molar-refractivity contribution in [2.24, 2.45) is 5.92 Å². The molecule has 2 rings (SSSR count). The molecule has 0 saturated heterocycles. The summed E-state index contributed by atoms with van der Waals surface area (Å²) in [5, 5.41) is 4.47. The van der Waals surface area contributed by atoms with Gasteiger partial charge in [-0.05, 0) is 38.0 Å². The molecule has 4 nitrogen and oxygen atoms in total. The third-order valence-corrected chi connectivity index (χ3v) is 4.31. The summed E-state index contributed by atoms with van der Waals surface area (Å²) in [6.45, 7) is 7.79. The van der Waals surface area contributed by atoms with Crippen LogP contribution in [-0.2, 0) is 4.79 Å². The molecule has 0 fully saturated rings. The van der Waals surface area contributed by atoms with Crippen molar-refractivity contribution in [3.63, 3.8) is 0 Å². The van der Waals surface area contributed by atoms with Crippen molar-refractivity contribution in [2.75, 3.05) is 6.61 Å². The normalized spacial score (nSPS) is 12.5. The predicted octanol–water partition coefficient (Wildman–Crippen LogP) is 4.39. The van der Waals surface area contributed by atoms with E-state index >= 15 is 0 Å². The molecule has 0 saturated carbocycles. The molecule has 0 bridgehead atoms. The largest absolute Gasteiger partial charge is 0.480 e. The molecule has 1 N–H and O–H groups in total. The molecule has 2 aromatic rings. The minimum absolute atomic E-state index is 0.0731. The summed E-state index contributed by atoms with van der Waals surface area (Å²) in [5.74, 6) is 0.531. The van der Waals surface area contributed by atoms with E-state index in [-0.39, 0.29) is 18.6 Å². The fraction of sp³-hybridized carbons (Fsp3) is 0.412. The number of hydrogen-bond donors (Lipinski definition) is 1. The maximum absolute atomic E-state index is 12.0. The number of fused-ring (bicyclic) bond motifs is 1. The van der Waals surface area contributed by atoms with Crippen LogP contribution in [0.4, 0.5) is 0 Å². The Bertz CT molecular complexity index is 732. The number of nitrogens with one attached hydrogen (secondary N) is 1. The first-order valence-corrected chi connectivity index (χ1v) is 8.22. The van der Waals surface area contributed by atoms with E-state index in [2.05, 4.69) is 10.3 Å². The Labute approximate surface area is 146 Å². The zero-order valence-corrected chi connectivity index (χ0v) is 15.1. The number of aryl methyl sites for hydroxylation is 1. The lowest BCUT2D eigenvalue weighted by atomic mass is 10.1. The van der Waals surface area contributed by atoms with E-state index in [1.54, 1.807) is 6.07 Å². The molecular weight excluding hydrogens is 335 g/mol. The lowest BCUT2D eigenvalue weighted by Crippen LogP contribution is -2.39. The van der Waals surface area contributed by atoms with Gasteiger partial charge in [0.05, 0.1) is 10.0 Å². The van der Waals surface area contributed by atoms with Crippen molar-refractivity contribution in [3.8, 4) is 5.75 Å². The lowest BCUT2D eigenvalue weighted by Gasteiger charge is -2.18. The van der Waals surface area contributed by atoms with Crippen molar-refractivity contribution < 1.29 is 9.53 Å². The molecule has 124 valence electrons. The highest BCUT2D eigenvalue weighted by atomic mass is 35.5. The van der Waals surface area contributed by atoms with Crippen LogP contribution in [0.25, 0.3) is 10.9 Å². The number of carbonyl (C=O) groups is 1. The molecule has 1 amide bonds. The summed E-state index contributed by atoms with van der Waals surface area (Å²) in [4.78, 5) is 16.4. The van der Waals surface area contributed by atoms with Crippen molar-refractivity contribution in [1.29, 1.82) is 0 Å². The third-order valence-electron chi connectivity index (χ3n) is 3.71. The Morgan fingerprint density at radius 1 is 1.26 bits per heavy atom. The Balaban J connectivity index is 2.23. The van der Waals surface area contributed by atoms with Gasteiger partial charge >= 0.3 is 0 Å². The number of amides is 1. The molecular formula is C17H20Cl2N2O2. The Kier molecular flexibility index (Phi) is 5.71. The van der Waals surface area contributed by atoms with Crippen molar-refractivity contribution in [3.05, 3.63) is 33.9 Å². The zero-order valence-electron chi connectivity index (χ0n) is 13.6. The maximum atomic E-state index is 12.0. The number of carbonyl (C=O) groups excluding carboxylic acids is 1. The molecule has 1 heterocycles. The highest BCUT2D eigenvalue weighted by Crippen LogP contribution is 2.37. The smallest absolute Gasteiger partial charge is 0.258 e. The number of rotatable bonds is 5. The average molecular weight is 355 g/mol. The topological polar surface area (TPSA) is 51.2 Å². The standard InChI is InChI=1S/C17H20Cl2N2O2/c1-9(2)11(4)21-15(22)8-23-17-14(19)7-13(18)12-6-5-10(3)20-16(12)17/h5-7,9,11H,8H2,1-4H3,(H,21,22)/t11-/m0/s1. The molecule has 0 radical (unpaired) electrons. The first-order valence-electron chi connectivity index (χ1n) is 7.47. The molecule has 1 aromatic heterocycles. The molecule has 0 aliphatic rings. The Morgan fingerprint density at radius 3 is 2.61 bits per heavy atom. The molecule has 0 aliphatic heterocycles. The van der Waals surface area contributed by atoms with Crippen LogP contribution in [0, 0.1) is 12.8 Å². The van der Waals surface area contributed by atoms with Gasteiger partial charge in [-0.2, -0.15) is 0 Å². The van der Waals surface area contributed by atoms with Gasteiger partial charge in [-0.15, -0.1) is 0 Å². The first-order chi connectivity index (χ1) is 10.8. The van der Waals surface area contributed by atoms with Gasteiger partial charge in [0.15, 0.2) is 12.4 Å². The van der Waals surface area contributed by atoms with Crippen molar-refractivity contribution in [2.45, 2.75) is 33.7 Å². The lowest BCUT2D eigenvalue weighted by molar-refractivity contribution is -0.123. The van der Waals surface area contributed by atoms with E-state index in [4.69, 9.17) is 27.9 Å². The zero-order chi connectivity index (χ0) is 17.1. The average Bonchev–Trinajstić information content (AvgIpc) is 2.46. The van der Waals surface area contributed by atoms with Crippen molar-refractivity contribution >= 4 is 40.0 Å². The van der Waals surface area contributed by atoms with Crippen LogP contribution in [0.2, 0.25) is 10.0 Å². The van der Waals surface area contributed by atoms with Gasteiger partial charge < -0.3 is 10.1 Å². The second-order valence-corrected chi connectivity index (χ2v) is 6.72. The van der Waals surface area contributed by atoms with E-state index in [9.17, 15) is 4.79 Å². The minimum atomic E-state index is -0.196. The minimum Gasteiger partial charge on any atom is -0.480 e. The number of halogens is 2. The summed E-state index contributed by atoms with van der Waals surface area (Å²) in [6, 6.07) is 5.41.